The average Bonchev–Trinajstić information content (AvgIpc) is 2.16. The van der Waals surface area contributed by atoms with E-state index in [9.17, 15) is 9.59 Å². The number of rotatable bonds is 6. The quantitative estimate of drug-likeness (QED) is 0.552. The maximum Gasteiger partial charge on any atom is 0.342 e. The largest absolute Gasteiger partial charge is 0.478 e. The van der Waals surface area contributed by atoms with E-state index in [-0.39, 0.29) is 0 Å². The highest BCUT2D eigenvalue weighted by Crippen LogP contribution is 2.62. The van der Waals surface area contributed by atoms with Gasteiger partial charge in [-0.2, -0.15) is 0 Å². The molecule has 86 valence electrons. The van der Waals surface area contributed by atoms with Crippen molar-refractivity contribution in [2.24, 2.45) is 0 Å². The van der Waals surface area contributed by atoms with Crippen LogP contribution in [0.4, 0.5) is 0 Å². The van der Waals surface area contributed by atoms with Crippen LogP contribution >= 0.6 is 17.1 Å². The van der Waals surface area contributed by atoms with Crippen LogP contribution in [0.15, 0.2) is 11.0 Å². The molecule has 0 atom stereocenters. The molecule has 0 saturated heterocycles. The second kappa shape index (κ2) is 6.24. The zero-order valence-electron chi connectivity index (χ0n) is 7.87. The zero-order chi connectivity index (χ0) is 12.1. The van der Waals surface area contributed by atoms with Crippen LogP contribution in [0, 0.1) is 0 Å². The monoisotopic (exact) mass is 272 g/mol. The molecule has 6 nitrogen and oxygen atoms in total. The Morgan fingerprint density at radius 3 is 2.07 bits per heavy atom. The fraction of sp³-hybridized carbons (Fsp3) is 0.333. The fourth-order valence-electron chi connectivity index (χ4n) is 0.509. The topological polar surface area (TPSA) is 93.1 Å². The normalized spacial score (nSPS) is 12.5. The van der Waals surface area contributed by atoms with Crippen molar-refractivity contribution < 1.29 is 28.8 Å². The Kier molecular flexibility index (Phi) is 6.07. The van der Waals surface area contributed by atoms with E-state index in [1.54, 1.807) is 0 Å². The van der Waals surface area contributed by atoms with Crippen molar-refractivity contribution in [3.63, 3.8) is 0 Å². The molecule has 0 aliphatic heterocycles. The van der Waals surface area contributed by atoms with Gasteiger partial charge in [0.05, 0.1) is 0 Å². The minimum Gasteiger partial charge on any atom is -0.478 e. The third-order valence-corrected chi connectivity index (χ3v) is 6.45. The van der Waals surface area contributed by atoms with Gasteiger partial charge in [0.1, 0.15) is 4.91 Å². The van der Waals surface area contributed by atoms with Crippen molar-refractivity contribution in [2.45, 2.75) is 0 Å². The standard InChI is InChI=1S/C6H9O6PS2/c1-11-13(14,12-2)15-4(6(9)10)3-5(7)8/h3H,1-2H3,(H,7,8)(H,9,10)/b4-3-. The van der Waals surface area contributed by atoms with Crippen LogP contribution < -0.4 is 0 Å². The third-order valence-electron chi connectivity index (χ3n) is 1.12. The van der Waals surface area contributed by atoms with Crippen LogP contribution in [-0.4, -0.2) is 36.4 Å². The Bertz CT molecular complexity index is 331. The van der Waals surface area contributed by atoms with E-state index in [2.05, 4.69) is 0 Å². The van der Waals surface area contributed by atoms with Gasteiger partial charge in [-0.15, -0.1) is 0 Å². The highest BCUT2D eigenvalue weighted by Gasteiger charge is 2.23. The van der Waals surface area contributed by atoms with Gasteiger partial charge in [-0.25, -0.2) is 9.59 Å². The average molecular weight is 272 g/mol. The minimum atomic E-state index is -2.81. The lowest BCUT2D eigenvalue weighted by molar-refractivity contribution is -0.134. The van der Waals surface area contributed by atoms with Gasteiger partial charge >= 0.3 is 11.9 Å². The summed E-state index contributed by atoms with van der Waals surface area (Å²) in [6.07, 6.45) is 0.548. The molecule has 9 heteroatoms. The Morgan fingerprint density at radius 2 is 1.80 bits per heavy atom. The molecule has 0 aromatic rings. The molecule has 0 spiro atoms. The summed E-state index contributed by atoms with van der Waals surface area (Å²) in [5, 5.41) is 17.1. The van der Waals surface area contributed by atoms with E-state index in [1.165, 1.54) is 14.2 Å². The molecule has 0 rings (SSSR count). The highest BCUT2D eigenvalue weighted by atomic mass is 32.9. The zero-order valence-corrected chi connectivity index (χ0v) is 10.4. The molecule has 15 heavy (non-hydrogen) atoms. The molecule has 0 heterocycles. The first-order valence-corrected chi connectivity index (χ1v) is 7.49. The molecule has 0 aromatic carbocycles. The summed E-state index contributed by atoms with van der Waals surface area (Å²) in [5.74, 6) is -2.75. The van der Waals surface area contributed by atoms with E-state index in [1.807, 2.05) is 0 Å². The maximum absolute atomic E-state index is 10.7. The first kappa shape index (κ1) is 14.6. The third kappa shape index (κ3) is 5.29. The van der Waals surface area contributed by atoms with Gasteiger partial charge in [0.2, 0.25) is 0 Å². The van der Waals surface area contributed by atoms with Gasteiger partial charge in [0.15, 0.2) is 0 Å². The summed E-state index contributed by atoms with van der Waals surface area (Å²) in [6.45, 7) is 0. The summed E-state index contributed by atoms with van der Waals surface area (Å²) in [5.41, 5.74) is -2.81. The van der Waals surface area contributed by atoms with Crippen LogP contribution in [0.1, 0.15) is 0 Å². The predicted octanol–water partition coefficient (Wildman–Crippen LogP) is 1.29. The van der Waals surface area contributed by atoms with Crippen molar-refractivity contribution in [1.82, 2.24) is 0 Å². The molecular formula is C6H9O6PS2. The van der Waals surface area contributed by atoms with Crippen LogP contribution in [0.2, 0.25) is 0 Å². The number of hydrogen-bond donors (Lipinski definition) is 2. The lowest BCUT2D eigenvalue weighted by Crippen LogP contribution is -2.01. The smallest absolute Gasteiger partial charge is 0.342 e. The molecule has 2 N–H and O–H groups in total. The van der Waals surface area contributed by atoms with Crippen LogP contribution in [0.25, 0.3) is 0 Å². The molecule has 0 saturated carbocycles. The van der Waals surface area contributed by atoms with Crippen molar-refractivity contribution >= 4 is 40.8 Å². The summed E-state index contributed by atoms with van der Waals surface area (Å²) in [6, 6.07) is 0. The number of carboxylic acids is 2. The summed E-state index contributed by atoms with van der Waals surface area (Å²) in [7, 11) is 2.55. The van der Waals surface area contributed by atoms with E-state index in [0.717, 1.165) is 0 Å². The molecule has 0 amide bonds. The Balaban J connectivity index is 4.93. The molecule has 0 aromatic heterocycles. The van der Waals surface area contributed by atoms with Gasteiger partial charge in [-0.1, -0.05) is 0 Å². The van der Waals surface area contributed by atoms with Crippen LogP contribution in [-0.2, 0) is 30.4 Å². The van der Waals surface area contributed by atoms with E-state index >= 15 is 0 Å². The van der Waals surface area contributed by atoms with Gasteiger partial charge in [-0.3, -0.25) is 0 Å². The van der Waals surface area contributed by atoms with E-state index in [0.29, 0.717) is 17.5 Å². The minimum absolute atomic E-state index is 0.422. The highest BCUT2D eigenvalue weighted by molar-refractivity contribution is 8.69. The second-order valence-electron chi connectivity index (χ2n) is 2.06. The molecule has 0 radical (unpaired) electrons. The first-order chi connectivity index (χ1) is 6.84. The van der Waals surface area contributed by atoms with Crippen molar-refractivity contribution in [3.8, 4) is 0 Å². The molecule has 0 aliphatic rings. The Morgan fingerprint density at radius 1 is 1.33 bits per heavy atom. The number of carboxylic acid groups (broad SMARTS) is 2. The summed E-state index contributed by atoms with van der Waals surface area (Å²) < 4.78 is 9.64. The molecular weight excluding hydrogens is 263 g/mol. The summed E-state index contributed by atoms with van der Waals surface area (Å²) >= 11 is 5.48. The number of aliphatic carboxylic acids is 2. The Hall–Kier alpha value is -0.400. The van der Waals surface area contributed by atoms with E-state index in [4.69, 9.17) is 31.1 Å². The Labute approximate surface area is 95.2 Å². The van der Waals surface area contributed by atoms with Gasteiger partial charge in [-0.05, 0) is 23.2 Å². The molecule has 0 bridgehead atoms. The van der Waals surface area contributed by atoms with Gasteiger partial charge in [0.25, 0.3) is 5.69 Å². The van der Waals surface area contributed by atoms with Crippen molar-refractivity contribution in [2.75, 3.05) is 14.2 Å². The predicted molar refractivity (Wildman–Crippen MR) is 59.2 cm³/mol. The lowest BCUT2D eigenvalue weighted by Gasteiger charge is -2.16. The fourth-order valence-corrected chi connectivity index (χ4v) is 3.56. The SMILES string of the molecule is COP(=S)(OC)S/C(=C\C(=O)O)C(=O)O. The summed E-state index contributed by atoms with van der Waals surface area (Å²) in [4.78, 5) is 20.6. The molecule has 0 unspecified atom stereocenters. The second-order valence-corrected chi connectivity index (χ2v) is 8.43. The number of hydrogen-bond acceptors (Lipinski definition) is 6. The van der Waals surface area contributed by atoms with Gasteiger partial charge < -0.3 is 19.3 Å². The first-order valence-electron chi connectivity index (χ1n) is 3.43. The molecule has 0 aliphatic carbocycles. The number of carbonyl (C=O) groups is 2. The lowest BCUT2D eigenvalue weighted by atomic mass is 10.5. The van der Waals surface area contributed by atoms with Crippen LogP contribution in [0.5, 0.6) is 0 Å². The van der Waals surface area contributed by atoms with Crippen molar-refractivity contribution in [3.05, 3.63) is 11.0 Å². The van der Waals surface area contributed by atoms with Crippen LogP contribution in [0.3, 0.4) is 0 Å². The maximum atomic E-state index is 10.7. The van der Waals surface area contributed by atoms with Crippen molar-refractivity contribution in [1.29, 1.82) is 0 Å². The van der Waals surface area contributed by atoms with E-state index < -0.39 is 22.5 Å². The molecule has 0 fully saturated rings. The van der Waals surface area contributed by atoms with Gasteiger partial charge in [0, 0.05) is 20.3 Å².